The zero-order valence-corrected chi connectivity index (χ0v) is 14.1. The summed E-state index contributed by atoms with van der Waals surface area (Å²) in [5.41, 5.74) is 1.91. The van der Waals surface area contributed by atoms with Crippen LogP contribution in [0.4, 0.5) is 4.39 Å². The molecule has 0 bridgehead atoms. The van der Waals surface area contributed by atoms with E-state index in [1.165, 1.54) is 0 Å². The number of benzene rings is 1. The molecule has 0 aliphatic heterocycles. The van der Waals surface area contributed by atoms with Crippen LogP contribution in [-0.2, 0) is 4.74 Å². The van der Waals surface area contributed by atoms with Crippen LogP contribution in [0.1, 0.15) is 0 Å². The van der Waals surface area contributed by atoms with E-state index in [1.807, 2.05) is 53.2 Å². The van der Waals surface area contributed by atoms with E-state index in [9.17, 15) is 4.39 Å². The van der Waals surface area contributed by atoms with Gasteiger partial charge in [0.2, 0.25) is 5.88 Å². The van der Waals surface area contributed by atoms with Gasteiger partial charge in [-0.1, -0.05) is 18.2 Å². The standard InChI is InChI=1S/C20H18FN3O2/c21-8-10-25-11-12-26-20-13-18-16(14-22-20)7-9-24(18)19-6-5-15-3-1-2-4-17(15)23-19/h1-7,9,13-14H,8,10-12H2. The fourth-order valence-electron chi connectivity index (χ4n) is 2.84. The molecule has 0 radical (unpaired) electrons. The second kappa shape index (κ2) is 7.49. The fraction of sp³-hybridized carbons (Fsp3) is 0.200. The lowest BCUT2D eigenvalue weighted by atomic mass is 10.2. The Bertz CT molecular complexity index is 1030. The highest BCUT2D eigenvalue weighted by atomic mass is 19.1. The van der Waals surface area contributed by atoms with Crippen molar-refractivity contribution in [3.05, 3.63) is 60.9 Å². The van der Waals surface area contributed by atoms with Crippen LogP contribution in [0.25, 0.3) is 27.6 Å². The van der Waals surface area contributed by atoms with E-state index < -0.39 is 6.67 Å². The first kappa shape index (κ1) is 16.5. The summed E-state index contributed by atoms with van der Waals surface area (Å²) >= 11 is 0. The quantitative estimate of drug-likeness (QED) is 0.473. The van der Waals surface area contributed by atoms with E-state index in [0.29, 0.717) is 19.1 Å². The van der Waals surface area contributed by atoms with Gasteiger partial charge in [0.25, 0.3) is 0 Å². The number of nitrogens with zero attached hydrogens (tertiary/aromatic N) is 3. The number of pyridine rings is 2. The molecule has 0 N–H and O–H groups in total. The van der Waals surface area contributed by atoms with Gasteiger partial charge in [0.05, 0.1) is 24.2 Å². The number of ether oxygens (including phenoxy) is 2. The van der Waals surface area contributed by atoms with E-state index >= 15 is 0 Å². The molecule has 0 saturated heterocycles. The van der Waals surface area contributed by atoms with Crippen molar-refractivity contribution < 1.29 is 13.9 Å². The van der Waals surface area contributed by atoms with Gasteiger partial charge < -0.3 is 14.0 Å². The average Bonchev–Trinajstić information content (AvgIpc) is 3.11. The summed E-state index contributed by atoms with van der Waals surface area (Å²) in [5, 5.41) is 2.10. The largest absolute Gasteiger partial charge is 0.475 e. The molecular weight excluding hydrogens is 333 g/mol. The van der Waals surface area contributed by atoms with Crippen LogP contribution < -0.4 is 4.74 Å². The Labute approximate surface area is 150 Å². The van der Waals surface area contributed by atoms with Gasteiger partial charge in [0.1, 0.15) is 19.1 Å². The van der Waals surface area contributed by atoms with Crippen molar-refractivity contribution in [2.75, 3.05) is 26.5 Å². The molecule has 0 amide bonds. The molecule has 5 nitrogen and oxygen atoms in total. The normalized spacial score (nSPS) is 11.3. The first-order chi connectivity index (χ1) is 12.8. The number of aromatic nitrogens is 3. The maximum Gasteiger partial charge on any atom is 0.215 e. The number of halogens is 1. The molecule has 0 aliphatic rings. The lowest BCUT2D eigenvalue weighted by Gasteiger charge is -2.08. The van der Waals surface area contributed by atoms with E-state index in [-0.39, 0.29) is 6.61 Å². The van der Waals surface area contributed by atoms with Crippen molar-refractivity contribution in [1.82, 2.24) is 14.5 Å². The molecule has 3 aromatic heterocycles. The summed E-state index contributed by atoms with van der Waals surface area (Å²) in [5.74, 6) is 1.34. The predicted molar refractivity (Wildman–Crippen MR) is 98.7 cm³/mol. The van der Waals surface area contributed by atoms with E-state index in [4.69, 9.17) is 14.5 Å². The number of alkyl halides is 1. The number of para-hydroxylation sites is 1. The fourth-order valence-corrected chi connectivity index (χ4v) is 2.84. The monoisotopic (exact) mass is 351 g/mol. The van der Waals surface area contributed by atoms with Crippen LogP contribution >= 0.6 is 0 Å². The number of rotatable bonds is 7. The lowest BCUT2D eigenvalue weighted by Crippen LogP contribution is -2.09. The Morgan fingerprint density at radius 1 is 0.962 bits per heavy atom. The van der Waals surface area contributed by atoms with Crippen molar-refractivity contribution in [1.29, 1.82) is 0 Å². The molecule has 26 heavy (non-hydrogen) atoms. The Hall–Kier alpha value is -2.99. The second-order valence-electron chi connectivity index (χ2n) is 5.78. The topological polar surface area (TPSA) is 49.2 Å². The van der Waals surface area contributed by atoms with E-state index in [1.54, 1.807) is 6.20 Å². The number of fused-ring (bicyclic) bond motifs is 2. The van der Waals surface area contributed by atoms with Gasteiger partial charge in [0, 0.05) is 29.2 Å². The smallest absolute Gasteiger partial charge is 0.215 e. The molecule has 0 fully saturated rings. The van der Waals surface area contributed by atoms with Crippen molar-refractivity contribution >= 4 is 21.8 Å². The molecule has 0 unspecified atom stereocenters. The summed E-state index contributed by atoms with van der Waals surface area (Å²) in [6.07, 6.45) is 3.74. The van der Waals surface area contributed by atoms with Crippen LogP contribution in [0.3, 0.4) is 0 Å². The lowest BCUT2D eigenvalue weighted by molar-refractivity contribution is 0.0884. The van der Waals surface area contributed by atoms with E-state index in [2.05, 4.69) is 11.1 Å². The van der Waals surface area contributed by atoms with Gasteiger partial charge in [-0.3, -0.25) is 0 Å². The van der Waals surface area contributed by atoms with Crippen molar-refractivity contribution in [2.24, 2.45) is 0 Å². The van der Waals surface area contributed by atoms with Crippen molar-refractivity contribution in [3.8, 4) is 11.7 Å². The summed E-state index contributed by atoms with van der Waals surface area (Å²) in [6.45, 7) is 0.257. The van der Waals surface area contributed by atoms with Gasteiger partial charge in [-0.25, -0.2) is 14.4 Å². The van der Waals surface area contributed by atoms with Gasteiger partial charge in [-0.05, 0) is 24.3 Å². The Morgan fingerprint density at radius 2 is 1.88 bits per heavy atom. The molecule has 0 aliphatic carbocycles. The van der Waals surface area contributed by atoms with Crippen LogP contribution in [0.5, 0.6) is 5.88 Å². The van der Waals surface area contributed by atoms with E-state index in [0.717, 1.165) is 27.6 Å². The predicted octanol–water partition coefficient (Wildman–Crippen LogP) is 3.94. The summed E-state index contributed by atoms with van der Waals surface area (Å²) < 4.78 is 24.7. The molecule has 1 aromatic carbocycles. The zero-order chi connectivity index (χ0) is 17.8. The Balaban J connectivity index is 1.61. The molecule has 4 aromatic rings. The maximum atomic E-state index is 12.0. The van der Waals surface area contributed by atoms with Crippen molar-refractivity contribution in [2.45, 2.75) is 0 Å². The molecule has 3 heterocycles. The van der Waals surface area contributed by atoms with Crippen molar-refractivity contribution in [3.63, 3.8) is 0 Å². The third-order valence-electron chi connectivity index (χ3n) is 4.08. The first-order valence-electron chi connectivity index (χ1n) is 8.45. The van der Waals surface area contributed by atoms with Crippen LogP contribution in [0, 0.1) is 0 Å². The molecule has 0 spiro atoms. The highest BCUT2D eigenvalue weighted by Crippen LogP contribution is 2.23. The zero-order valence-electron chi connectivity index (χ0n) is 14.1. The summed E-state index contributed by atoms with van der Waals surface area (Å²) in [7, 11) is 0. The third-order valence-corrected chi connectivity index (χ3v) is 4.08. The Morgan fingerprint density at radius 3 is 2.81 bits per heavy atom. The first-order valence-corrected chi connectivity index (χ1v) is 8.45. The summed E-state index contributed by atoms with van der Waals surface area (Å²) in [6, 6.07) is 15.9. The number of hydrogen-bond acceptors (Lipinski definition) is 4. The number of hydrogen-bond donors (Lipinski definition) is 0. The van der Waals surface area contributed by atoms with Gasteiger partial charge in [-0.15, -0.1) is 0 Å². The molecule has 4 rings (SSSR count). The minimum atomic E-state index is -0.490. The minimum absolute atomic E-state index is 0.0896. The molecule has 0 atom stereocenters. The highest BCUT2D eigenvalue weighted by molar-refractivity contribution is 5.83. The highest BCUT2D eigenvalue weighted by Gasteiger charge is 2.08. The molecular formula is C20H18FN3O2. The van der Waals surface area contributed by atoms with Crippen LogP contribution in [-0.4, -0.2) is 41.0 Å². The maximum absolute atomic E-state index is 12.0. The third kappa shape index (κ3) is 3.36. The SMILES string of the molecule is FCCOCCOc1cc2c(ccn2-c2ccc3ccccc3n2)cn1. The molecule has 0 saturated carbocycles. The minimum Gasteiger partial charge on any atom is -0.475 e. The van der Waals surface area contributed by atoms with Gasteiger partial charge >= 0.3 is 0 Å². The van der Waals surface area contributed by atoms with Gasteiger partial charge in [0.15, 0.2) is 0 Å². The van der Waals surface area contributed by atoms with Crippen LogP contribution in [0.2, 0.25) is 0 Å². The van der Waals surface area contributed by atoms with Gasteiger partial charge in [-0.2, -0.15) is 0 Å². The van der Waals surface area contributed by atoms with Crippen LogP contribution in [0.15, 0.2) is 60.9 Å². The average molecular weight is 351 g/mol. The summed E-state index contributed by atoms with van der Waals surface area (Å²) in [4.78, 5) is 9.04. The molecule has 6 heteroatoms. The Kier molecular flexibility index (Phi) is 4.75. The molecule has 132 valence electrons. The second-order valence-corrected chi connectivity index (χ2v) is 5.78.